The van der Waals surface area contributed by atoms with Crippen molar-refractivity contribution < 1.29 is 4.74 Å². The van der Waals surface area contributed by atoms with Gasteiger partial charge in [0.2, 0.25) is 0 Å². The molecule has 2 N–H and O–H groups in total. The first-order chi connectivity index (χ1) is 9.93. The van der Waals surface area contributed by atoms with Gasteiger partial charge in [-0.3, -0.25) is 9.78 Å². The molecule has 0 saturated heterocycles. The highest BCUT2D eigenvalue weighted by Gasteiger charge is 2.28. The molecule has 0 unspecified atom stereocenters. The Kier molecular flexibility index (Phi) is 2.44. The Bertz CT molecular complexity index is 996. The SMILES string of the molecule is CC1(C)Cc2nc3c(cc2CO1)sc1c(=O)[nH]c(=O)[nH]c13. The van der Waals surface area contributed by atoms with E-state index in [1.54, 1.807) is 0 Å². The first-order valence-electron chi connectivity index (χ1n) is 6.64. The highest BCUT2D eigenvalue weighted by atomic mass is 32.1. The zero-order valence-electron chi connectivity index (χ0n) is 11.6. The molecule has 0 aromatic carbocycles. The Hall–Kier alpha value is -1.99. The minimum atomic E-state index is -0.504. The van der Waals surface area contributed by atoms with Gasteiger partial charge in [0, 0.05) is 17.7 Å². The van der Waals surface area contributed by atoms with E-state index in [2.05, 4.69) is 15.0 Å². The van der Waals surface area contributed by atoms with Gasteiger partial charge in [-0.15, -0.1) is 11.3 Å². The highest BCUT2D eigenvalue weighted by Crippen LogP contribution is 2.34. The summed E-state index contributed by atoms with van der Waals surface area (Å²) in [6, 6.07) is 2.01. The lowest BCUT2D eigenvalue weighted by Crippen LogP contribution is -2.32. The molecule has 0 fully saturated rings. The van der Waals surface area contributed by atoms with Crippen LogP contribution in [0, 0.1) is 0 Å². The summed E-state index contributed by atoms with van der Waals surface area (Å²) in [5, 5.41) is 0. The summed E-state index contributed by atoms with van der Waals surface area (Å²) in [4.78, 5) is 33.0. The van der Waals surface area contributed by atoms with Crippen LogP contribution in [0.5, 0.6) is 0 Å². The van der Waals surface area contributed by atoms with Crippen LogP contribution in [0.3, 0.4) is 0 Å². The maximum atomic E-state index is 11.9. The number of pyridine rings is 1. The quantitative estimate of drug-likeness (QED) is 0.661. The minimum absolute atomic E-state index is 0.246. The van der Waals surface area contributed by atoms with Crippen LogP contribution >= 0.6 is 11.3 Å². The molecule has 0 amide bonds. The second-order valence-corrected chi connectivity index (χ2v) is 6.93. The molecular formula is C14H13N3O3S. The van der Waals surface area contributed by atoms with Crippen molar-refractivity contribution in [2.24, 2.45) is 0 Å². The number of hydrogen-bond donors (Lipinski definition) is 2. The smallest absolute Gasteiger partial charge is 0.326 e. The number of rotatable bonds is 0. The van der Waals surface area contributed by atoms with Crippen molar-refractivity contribution in [2.75, 3.05) is 0 Å². The molecule has 0 radical (unpaired) electrons. The largest absolute Gasteiger partial charge is 0.370 e. The van der Waals surface area contributed by atoms with Crippen LogP contribution in [0.25, 0.3) is 20.4 Å². The average molecular weight is 303 g/mol. The molecule has 3 aromatic rings. The van der Waals surface area contributed by atoms with E-state index in [9.17, 15) is 9.59 Å². The number of aromatic amines is 2. The van der Waals surface area contributed by atoms with Crippen LogP contribution in [0.2, 0.25) is 0 Å². The number of hydrogen-bond acceptors (Lipinski definition) is 5. The van der Waals surface area contributed by atoms with Gasteiger partial charge in [0.05, 0.1) is 22.4 Å². The lowest BCUT2D eigenvalue weighted by molar-refractivity contribution is -0.0411. The molecule has 108 valence electrons. The fourth-order valence-corrected chi connectivity index (χ4v) is 3.74. The summed E-state index contributed by atoms with van der Waals surface area (Å²) in [6.07, 6.45) is 0.711. The van der Waals surface area contributed by atoms with Gasteiger partial charge in [0.1, 0.15) is 10.2 Å². The van der Waals surface area contributed by atoms with Crippen LogP contribution in [0.4, 0.5) is 0 Å². The summed E-state index contributed by atoms with van der Waals surface area (Å²) in [5.41, 5.74) is 2.11. The van der Waals surface area contributed by atoms with Crippen molar-refractivity contribution in [3.63, 3.8) is 0 Å². The third-order valence-electron chi connectivity index (χ3n) is 3.72. The van der Waals surface area contributed by atoms with Gasteiger partial charge in [0.15, 0.2) is 0 Å². The van der Waals surface area contributed by atoms with Crippen molar-refractivity contribution in [1.82, 2.24) is 15.0 Å². The van der Waals surface area contributed by atoms with E-state index in [1.165, 1.54) is 11.3 Å². The lowest BCUT2D eigenvalue weighted by atomic mass is 9.96. The van der Waals surface area contributed by atoms with Gasteiger partial charge >= 0.3 is 5.69 Å². The van der Waals surface area contributed by atoms with E-state index < -0.39 is 5.69 Å². The third kappa shape index (κ3) is 1.92. The van der Waals surface area contributed by atoms with E-state index in [4.69, 9.17) is 4.74 Å². The molecule has 0 saturated carbocycles. The fraction of sp³-hybridized carbons (Fsp3) is 0.357. The summed E-state index contributed by atoms with van der Waals surface area (Å²) < 4.78 is 7.18. The predicted molar refractivity (Wildman–Crippen MR) is 80.9 cm³/mol. The van der Waals surface area contributed by atoms with Crippen LogP contribution in [-0.4, -0.2) is 20.6 Å². The summed E-state index contributed by atoms with van der Waals surface area (Å²) in [7, 11) is 0. The number of ether oxygens (including phenoxy) is 1. The molecule has 0 spiro atoms. The average Bonchev–Trinajstić information content (AvgIpc) is 2.74. The maximum absolute atomic E-state index is 11.9. The molecule has 1 aliphatic rings. The Morgan fingerprint density at radius 1 is 1.33 bits per heavy atom. The fourth-order valence-electron chi connectivity index (χ4n) is 2.68. The van der Waals surface area contributed by atoms with Crippen LogP contribution in [0.15, 0.2) is 15.7 Å². The minimum Gasteiger partial charge on any atom is -0.370 e. The molecule has 4 heterocycles. The molecule has 0 bridgehead atoms. The third-order valence-corrected chi connectivity index (χ3v) is 4.84. The van der Waals surface area contributed by atoms with Crippen molar-refractivity contribution in [3.05, 3.63) is 38.2 Å². The molecular weight excluding hydrogens is 290 g/mol. The second-order valence-electron chi connectivity index (χ2n) is 5.88. The highest BCUT2D eigenvalue weighted by molar-refractivity contribution is 7.25. The summed E-state index contributed by atoms with van der Waals surface area (Å²) in [5.74, 6) is 0. The van der Waals surface area contributed by atoms with Gasteiger partial charge in [-0.2, -0.15) is 0 Å². The van der Waals surface area contributed by atoms with Crippen LogP contribution < -0.4 is 11.2 Å². The van der Waals surface area contributed by atoms with E-state index in [1.807, 2.05) is 19.9 Å². The molecule has 7 heteroatoms. The number of nitrogens with one attached hydrogen (secondary N) is 2. The number of nitrogens with zero attached hydrogens (tertiary/aromatic N) is 1. The summed E-state index contributed by atoms with van der Waals surface area (Å²) in [6.45, 7) is 4.58. The molecule has 0 aliphatic carbocycles. The van der Waals surface area contributed by atoms with E-state index in [0.29, 0.717) is 28.8 Å². The van der Waals surface area contributed by atoms with Crippen LogP contribution in [0.1, 0.15) is 25.1 Å². The molecule has 3 aromatic heterocycles. The van der Waals surface area contributed by atoms with Gasteiger partial charge in [-0.1, -0.05) is 0 Å². The topological polar surface area (TPSA) is 87.8 Å². The summed E-state index contributed by atoms with van der Waals surface area (Å²) >= 11 is 1.34. The zero-order chi connectivity index (χ0) is 14.8. The van der Waals surface area contributed by atoms with Crippen molar-refractivity contribution >= 4 is 31.8 Å². The van der Waals surface area contributed by atoms with E-state index in [-0.39, 0.29) is 11.2 Å². The van der Waals surface area contributed by atoms with E-state index >= 15 is 0 Å². The van der Waals surface area contributed by atoms with Crippen molar-refractivity contribution in [1.29, 1.82) is 0 Å². The molecule has 0 atom stereocenters. The normalized spacial score (nSPS) is 17.2. The molecule has 21 heavy (non-hydrogen) atoms. The van der Waals surface area contributed by atoms with Gasteiger partial charge in [-0.05, 0) is 19.9 Å². The Balaban J connectivity index is 2.08. The monoisotopic (exact) mass is 303 g/mol. The maximum Gasteiger partial charge on any atom is 0.326 e. The van der Waals surface area contributed by atoms with Gasteiger partial charge in [0.25, 0.3) is 5.56 Å². The number of thiophene rings is 1. The number of H-pyrrole nitrogens is 2. The molecule has 4 rings (SSSR count). The Labute approximate surface area is 122 Å². The van der Waals surface area contributed by atoms with Gasteiger partial charge < -0.3 is 9.72 Å². The zero-order valence-corrected chi connectivity index (χ0v) is 12.4. The Morgan fingerprint density at radius 2 is 2.14 bits per heavy atom. The first-order valence-corrected chi connectivity index (χ1v) is 7.46. The molecule has 6 nitrogen and oxygen atoms in total. The first kappa shape index (κ1) is 12.7. The van der Waals surface area contributed by atoms with E-state index in [0.717, 1.165) is 16.0 Å². The standard InChI is InChI=1S/C14H13N3O3S/c1-14(2)4-7-6(5-20-14)3-8-9(15-7)10-11(21-8)12(18)17-13(19)16-10/h3H,4-5H2,1-2H3,(H2,16,17,18,19). The lowest BCUT2D eigenvalue weighted by Gasteiger charge is -2.30. The van der Waals surface area contributed by atoms with Gasteiger partial charge in [-0.25, -0.2) is 9.78 Å². The molecule has 1 aliphatic heterocycles. The Morgan fingerprint density at radius 3 is 2.95 bits per heavy atom. The van der Waals surface area contributed by atoms with Crippen LogP contribution in [-0.2, 0) is 17.8 Å². The predicted octanol–water partition coefficient (Wildman–Crippen LogP) is 1.68. The van der Waals surface area contributed by atoms with Crippen molar-refractivity contribution in [3.8, 4) is 0 Å². The number of aromatic nitrogens is 3. The number of fused-ring (bicyclic) bond motifs is 4. The second kappa shape index (κ2) is 4.02. The van der Waals surface area contributed by atoms with Crippen molar-refractivity contribution in [2.45, 2.75) is 32.5 Å².